The van der Waals surface area contributed by atoms with E-state index >= 15 is 0 Å². The summed E-state index contributed by atoms with van der Waals surface area (Å²) in [5.41, 5.74) is 1.45. The Balaban J connectivity index is 1.76. The lowest BCUT2D eigenvalue weighted by atomic mass is 10.2. The van der Waals surface area contributed by atoms with Gasteiger partial charge in [-0.25, -0.2) is 9.97 Å². The van der Waals surface area contributed by atoms with Crippen molar-refractivity contribution in [1.29, 1.82) is 0 Å². The molecule has 21 heavy (non-hydrogen) atoms. The van der Waals surface area contributed by atoms with E-state index in [9.17, 15) is 0 Å². The quantitative estimate of drug-likeness (QED) is 0.685. The van der Waals surface area contributed by atoms with Crippen LogP contribution in [0.2, 0.25) is 0 Å². The fourth-order valence-electron chi connectivity index (χ4n) is 2.48. The molecule has 0 atom stereocenters. The average Bonchev–Trinajstić information content (AvgIpc) is 3.12. The Hall–Kier alpha value is -1.25. The fraction of sp³-hybridized carbons (Fsp3) is 0.385. The second-order valence-corrected chi connectivity index (χ2v) is 8.34. The van der Waals surface area contributed by atoms with Crippen LogP contribution >= 0.6 is 34.4 Å². The highest BCUT2D eigenvalue weighted by Crippen LogP contribution is 2.42. The van der Waals surface area contributed by atoms with Crippen molar-refractivity contribution in [2.75, 3.05) is 19.0 Å². The smallest absolute Gasteiger partial charge is 0.208 e. The molecule has 108 valence electrons. The maximum atomic E-state index is 4.49. The van der Waals surface area contributed by atoms with Gasteiger partial charge in [-0.3, -0.25) is 0 Å². The van der Waals surface area contributed by atoms with E-state index in [1.54, 1.807) is 29.4 Å². The largest absolute Gasteiger partial charge is 0.353 e. The second-order valence-electron chi connectivity index (χ2n) is 5.06. The highest BCUT2D eigenvalue weighted by atomic mass is 32.2. The van der Waals surface area contributed by atoms with Crippen LogP contribution < -0.4 is 4.90 Å². The van der Waals surface area contributed by atoms with E-state index in [0.29, 0.717) is 0 Å². The first-order valence-electron chi connectivity index (χ1n) is 6.66. The zero-order valence-corrected chi connectivity index (χ0v) is 14.1. The van der Waals surface area contributed by atoms with Crippen molar-refractivity contribution < 1.29 is 0 Å². The highest BCUT2D eigenvalue weighted by molar-refractivity contribution is 8.01. The van der Waals surface area contributed by atoms with Crippen molar-refractivity contribution in [3.63, 3.8) is 0 Å². The molecule has 0 unspecified atom stereocenters. The van der Waals surface area contributed by atoms with Gasteiger partial charge in [0.2, 0.25) is 5.13 Å². The molecule has 0 aromatic carbocycles. The molecule has 0 bridgehead atoms. The minimum atomic E-state index is 0.915. The van der Waals surface area contributed by atoms with E-state index in [4.69, 9.17) is 0 Å². The van der Waals surface area contributed by atoms with Gasteiger partial charge in [0.05, 0.1) is 0 Å². The number of aryl methyl sites for hydroxylation is 2. The van der Waals surface area contributed by atoms with Crippen molar-refractivity contribution in [1.82, 2.24) is 20.2 Å². The lowest BCUT2D eigenvalue weighted by molar-refractivity contribution is 0.915. The summed E-state index contributed by atoms with van der Waals surface area (Å²) >= 11 is 5.01. The van der Waals surface area contributed by atoms with Crippen LogP contribution in [0.3, 0.4) is 0 Å². The molecule has 3 aromatic heterocycles. The molecule has 4 rings (SSSR count). The predicted molar refractivity (Wildman–Crippen MR) is 87.8 cm³/mol. The molecule has 0 radical (unpaired) electrons. The lowest BCUT2D eigenvalue weighted by Gasteiger charge is -2.04. The monoisotopic (exact) mass is 335 g/mol. The third-order valence-corrected chi connectivity index (χ3v) is 6.77. The molecule has 3 heterocycles. The first-order chi connectivity index (χ1) is 10.2. The Morgan fingerprint density at radius 1 is 1.14 bits per heavy atom. The van der Waals surface area contributed by atoms with E-state index in [-0.39, 0.29) is 0 Å². The summed E-state index contributed by atoms with van der Waals surface area (Å²) in [7, 11) is 3.95. The van der Waals surface area contributed by atoms with Crippen LogP contribution in [0.25, 0.3) is 10.2 Å². The second kappa shape index (κ2) is 5.19. The van der Waals surface area contributed by atoms with Crippen molar-refractivity contribution in [3.05, 3.63) is 16.8 Å². The van der Waals surface area contributed by atoms with Gasteiger partial charge in [-0.1, -0.05) is 11.3 Å². The maximum Gasteiger partial charge on any atom is 0.208 e. The van der Waals surface area contributed by atoms with Crippen LogP contribution in [-0.2, 0) is 12.8 Å². The van der Waals surface area contributed by atoms with Gasteiger partial charge in [-0.05, 0) is 36.6 Å². The summed E-state index contributed by atoms with van der Waals surface area (Å²) in [4.78, 5) is 13.5. The summed E-state index contributed by atoms with van der Waals surface area (Å²) in [5, 5.41) is 11.6. The molecule has 1 aliphatic carbocycles. The van der Waals surface area contributed by atoms with Crippen LogP contribution in [0, 0.1) is 0 Å². The maximum absolute atomic E-state index is 4.49. The van der Waals surface area contributed by atoms with Crippen LogP contribution in [0.4, 0.5) is 5.13 Å². The van der Waals surface area contributed by atoms with Crippen LogP contribution in [-0.4, -0.2) is 34.3 Å². The van der Waals surface area contributed by atoms with E-state index in [2.05, 4.69) is 20.2 Å². The first kappa shape index (κ1) is 13.4. The van der Waals surface area contributed by atoms with E-state index < -0.39 is 0 Å². The van der Waals surface area contributed by atoms with Gasteiger partial charge >= 0.3 is 0 Å². The lowest BCUT2D eigenvalue weighted by Crippen LogP contribution is -2.07. The molecule has 8 heteroatoms. The summed E-state index contributed by atoms with van der Waals surface area (Å²) in [6.45, 7) is 0. The van der Waals surface area contributed by atoms with Gasteiger partial charge in [0.1, 0.15) is 16.2 Å². The fourth-order valence-corrected chi connectivity index (χ4v) is 5.58. The zero-order chi connectivity index (χ0) is 14.4. The molecule has 0 amide bonds. The number of aromatic nitrogens is 4. The van der Waals surface area contributed by atoms with Crippen molar-refractivity contribution >= 4 is 49.8 Å². The van der Waals surface area contributed by atoms with Gasteiger partial charge < -0.3 is 4.90 Å². The van der Waals surface area contributed by atoms with Crippen LogP contribution in [0.15, 0.2) is 15.7 Å². The van der Waals surface area contributed by atoms with E-state index in [0.717, 1.165) is 25.7 Å². The molecule has 1 aliphatic rings. The van der Waals surface area contributed by atoms with Gasteiger partial charge in [-0.15, -0.1) is 21.5 Å². The standard InChI is InChI=1S/C13H13N5S3/c1-18(2)12-16-17-13(21-12)20-11-9-7-4-3-5-8(7)19-10(9)14-6-15-11/h6H,3-5H2,1-2H3. The SMILES string of the molecule is CN(C)c1nnc(Sc2ncnc3sc4c(c23)CCC4)s1. The Bertz CT molecular complexity index is 807. The number of thiophene rings is 1. The van der Waals surface area contributed by atoms with Crippen molar-refractivity contribution in [2.24, 2.45) is 0 Å². The van der Waals surface area contributed by atoms with Crippen LogP contribution in [0.1, 0.15) is 16.9 Å². The molecule has 0 fully saturated rings. The summed E-state index contributed by atoms with van der Waals surface area (Å²) in [6.07, 6.45) is 5.24. The minimum absolute atomic E-state index is 0.915. The Morgan fingerprint density at radius 3 is 2.86 bits per heavy atom. The third kappa shape index (κ3) is 2.31. The zero-order valence-electron chi connectivity index (χ0n) is 11.7. The van der Waals surface area contributed by atoms with Crippen LogP contribution in [0.5, 0.6) is 0 Å². The minimum Gasteiger partial charge on any atom is -0.353 e. The Kier molecular flexibility index (Phi) is 3.31. The molecule has 0 N–H and O–H groups in total. The van der Waals surface area contributed by atoms with Crippen molar-refractivity contribution in [2.45, 2.75) is 28.6 Å². The molecule has 0 aliphatic heterocycles. The predicted octanol–water partition coefficient (Wildman–Crippen LogP) is 3.25. The van der Waals surface area contributed by atoms with E-state index in [1.165, 1.54) is 28.7 Å². The topological polar surface area (TPSA) is 54.8 Å². The molecular formula is C13H13N5S3. The van der Waals surface area contributed by atoms with Gasteiger partial charge in [0.15, 0.2) is 4.34 Å². The molecule has 3 aromatic rings. The van der Waals surface area contributed by atoms with Crippen molar-refractivity contribution in [3.8, 4) is 0 Å². The number of rotatable bonds is 3. The Morgan fingerprint density at radius 2 is 2.05 bits per heavy atom. The summed E-state index contributed by atoms with van der Waals surface area (Å²) < 4.78 is 0.927. The summed E-state index contributed by atoms with van der Waals surface area (Å²) in [5.74, 6) is 0. The normalized spacial score (nSPS) is 13.8. The molecule has 0 spiro atoms. The number of fused-ring (bicyclic) bond motifs is 3. The number of hydrogen-bond acceptors (Lipinski definition) is 8. The van der Waals surface area contributed by atoms with Gasteiger partial charge in [0, 0.05) is 24.4 Å². The Labute approximate surface area is 134 Å². The number of nitrogens with zero attached hydrogens (tertiary/aromatic N) is 5. The van der Waals surface area contributed by atoms with Gasteiger partial charge in [-0.2, -0.15) is 0 Å². The molecule has 0 saturated heterocycles. The third-order valence-electron chi connectivity index (χ3n) is 3.43. The van der Waals surface area contributed by atoms with Gasteiger partial charge in [0.25, 0.3) is 0 Å². The molecule has 5 nitrogen and oxygen atoms in total. The number of hydrogen-bond donors (Lipinski definition) is 0. The molecule has 0 saturated carbocycles. The van der Waals surface area contributed by atoms with E-state index in [1.807, 2.05) is 30.3 Å². The first-order valence-corrected chi connectivity index (χ1v) is 9.11. The highest BCUT2D eigenvalue weighted by Gasteiger charge is 2.22. The average molecular weight is 335 g/mol. The number of anilines is 1. The molecular weight excluding hydrogens is 322 g/mol. The summed E-state index contributed by atoms with van der Waals surface area (Å²) in [6, 6.07) is 0.